The molecule has 0 bridgehead atoms. The monoisotopic (exact) mass is 735 g/mol. The van der Waals surface area contributed by atoms with Crippen LogP contribution in [0.5, 0.6) is 5.75 Å². The number of aliphatic hydroxyl groups is 1. The van der Waals surface area contributed by atoms with Gasteiger partial charge in [0, 0.05) is 37.6 Å². The van der Waals surface area contributed by atoms with Crippen molar-refractivity contribution < 1.29 is 33.9 Å². The van der Waals surface area contributed by atoms with Crippen LogP contribution in [0.25, 0.3) is 0 Å². The molecule has 1 heterocycles. The van der Waals surface area contributed by atoms with Gasteiger partial charge in [-0.2, -0.15) is 0 Å². The van der Waals surface area contributed by atoms with E-state index >= 15 is 0 Å². The minimum Gasteiger partial charge on any atom is -0.491 e. The fourth-order valence-electron chi connectivity index (χ4n) is 7.41. The molecule has 0 radical (unpaired) electrons. The van der Waals surface area contributed by atoms with Gasteiger partial charge in [0.25, 0.3) is 5.69 Å². The largest absolute Gasteiger partial charge is 0.491 e. The maximum atomic E-state index is 14.5. The van der Waals surface area contributed by atoms with Crippen LogP contribution < -0.4 is 20.7 Å². The zero-order valence-electron chi connectivity index (χ0n) is 31.7. The number of nitro groups is 1. The Bertz CT molecular complexity index is 1560. The van der Waals surface area contributed by atoms with E-state index < -0.39 is 52.9 Å². The Morgan fingerprint density at radius 1 is 0.962 bits per heavy atom. The van der Waals surface area contributed by atoms with Gasteiger partial charge >= 0.3 is 0 Å². The maximum absolute atomic E-state index is 14.5. The molecule has 0 aromatic heterocycles. The highest BCUT2D eigenvalue weighted by Gasteiger charge is 2.41. The zero-order chi connectivity index (χ0) is 38.7. The van der Waals surface area contributed by atoms with Gasteiger partial charge in [-0.3, -0.25) is 29.3 Å². The molecular formula is C40H57N5O8. The Balaban J connectivity index is 1.62. The molecule has 1 aliphatic carbocycles. The molecule has 2 aromatic rings. The van der Waals surface area contributed by atoms with E-state index in [1.165, 1.54) is 30.0 Å². The molecule has 290 valence electrons. The first-order valence-corrected chi connectivity index (χ1v) is 19.0. The van der Waals surface area contributed by atoms with Crippen LogP contribution >= 0.6 is 0 Å². The van der Waals surface area contributed by atoms with Crippen LogP contribution in [0.2, 0.25) is 0 Å². The minimum atomic E-state index is -1.13. The molecule has 3 unspecified atom stereocenters. The molecule has 1 fully saturated rings. The highest BCUT2D eigenvalue weighted by atomic mass is 16.6. The van der Waals surface area contributed by atoms with E-state index in [2.05, 4.69) is 16.0 Å². The van der Waals surface area contributed by atoms with Gasteiger partial charge in [0.1, 0.15) is 24.4 Å². The maximum Gasteiger partial charge on any atom is 0.270 e. The molecule has 53 heavy (non-hydrogen) atoms. The number of aliphatic hydroxyl groups excluding tert-OH is 1. The van der Waals surface area contributed by atoms with Crippen LogP contribution in [0.4, 0.5) is 5.69 Å². The molecule has 1 saturated carbocycles. The van der Waals surface area contributed by atoms with E-state index in [1.54, 1.807) is 0 Å². The summed E-state index contributed by atoms with van der Waals surface area (Å²) in [4.78, 5) is 67.4. The van der Waals surface area contributed by atoms with Crippen molar-refractivity contribution in [3.8, 4) is 5.75 Å². The van der Waals surface area contributed by atoms with E-state index in [9.17, 15) is 34.4 Å². The van der Waals surface area contributed by atoms with E-state index in [4.69, 9.17) is 4.74 Å². The van der Waals surface area contributed by atoms with Crippen LogP contribution in [0.15, 0.2) is 48.5 Å². The minimum absolute atomic E-state index is 0.00393. The average molecular weight is 736 g/mol. The Kier molecular flexibility index (Phi) is 15.2. The standard InChI is InChI=1S/C40H57N5O8/c1-25(2)18-33(39(49)42-32(19-28-12-8-6-9-13-28)36(47)22-38(48)41-23-26(3)4)43-40(50)34(20-29-14-10-7-11-15-29)44(27(5)46)35-24-53-37-17-16-30(45(51)52)21-31(35)37/h7,10-11,14-17,21,25-26,28,32-36,47H,6,8-9,12-13,18-20,22-24H2,1-5H3,(H,41,48)(H,42,49)(H,43,50)/t32?,33-,34-,35?,36?/m0/s1. The third-order valence-electron chi connectivity index (χ3n) is 10.1. The number of hydrogen-bond donors (Lipinski definition) is 4. The number of carbonyl (C=O) groups excluding carboxylic acids is 4. The molecule has 13 heteroatoms. The summed E-state index contributed by atoms with van der Waals surface area (Å²) in [5.41, 5.74) is 1.03. The van der Waals surface area contributed by atoms with Crippen LogP contribution in [-0.2, 0) is 25.6 Å². The summed E-state index contributed by atoms with van der Waals surface area (Å²) >= 11 is 0. The first-order valence-electron chi connectivity index (χ1n) is 19.0. The predicted molar refractivity (Wildman–Crippen MR) is 201 cm³/mol. The number of rotatable bonds is 18. The smallest absolute Gasteiger partial charge is 0.270 e. The van der Waals surface area contributed by atoms with Crippen LogP contribution in [0.3, 0.4) is 0 Å². The van der Waals surface area contributed by atoms with Gasteiger partial charge < -0.3 is 30.7 Å². The molecule has 5 atom stereocenters. The van der Waals surface area contributed by atoms with Gasteiger partial charge in [0.15, 0.2) is 0 Å². The molecule has 13 nitrogen and oxygen atoms in total. The summed E-state index contributed by atoms with van der Waals surface area (Å²) in [7, 11) is 0. The third kappa shape index (κ3) is 12.0. The third-order valence-corrected chi connectivity index (χ3v) is 10.1. The SMILES string of the molecule is CC(=O)N(C1COc2ccc([N+](=O)[O-])cc21)[C@@H](Cc1ccccc1)C(=O)N[C@@H](CC(C)C)C(=O)NC(CC1CCCCC1)C(O)CC(=O)NCC(C)C. The first kappa shape index (κ1) is 41.2. The van der Waals surface area contributed by atoms with Crippen molar-refractivity contribution in [2.75, 3.05) is 13.2 Å². The highest BCUT2D eigenvalue weighted by Crippen LogP contribution is 2.40. The molecule has 2 aromatic carbocycles. The van der Waals surface area contributed by atoms with Gasteiger partial charge in [0.2, 0.25) is 23.6 Å². The summed E-state index contributed by atoms with van der Waals surface area (Å²) in [6, 6.07) is 9.76. The molecule has 4 rings (SSSR count). The number of nitrogens with zero attached hydrogens (tertiary/aromatic N) is 2. The molecule has 2 aliphatic rings. The van der Waals surface area contributed by atoms with Crippen molar-refractivity contribution in [2.45, 2.75) is 123 Å². The Morgan fingerprint density at radius 2 is 1.66 bits per heavy atom. The van der Waals surface area contributed by atoms with Crippen LogP contribution in [-0.4, -0.2) is 75.9 Å². The fraction of sp³-hybridized carbons (Fsp3) is 0.600. The summed E-state index contributed by atoms with van der Waals surface area (Å²) in [6.45, 7) is 9.65. The van der Waals surface area contributed by atoms with Crippen molar-refractivity contribution in [2.24, 2.45) is 17.8 Å². The number of non-ortho nitro benzene ring substituents is 1. The Labute approximate surface area is 312 Å². The van der Waals surface area contributed by atoms with Crippen LogP contribution in [0.1, 0.15) is 103 Å². The lowest BCUT2D eigenvalue weighted by Crippen LogP contribution is -2.58. The summed E-state index contributed by atoms with van der Waals surface area (Å²) in [5.74, 6) is -0.874. The topological polar surface area (TPSA) is 180 Å². The van der Waals surface area contributed by atoms with Gasteiger partial charge in [-0.05, 0) is 42.2 Å². The lowest BCUT2D eigenvalue weighted by Gasteiger charge is -2.36. The van der Waals surface area contributed by atoms with Gasteiger partial charge in [-0.25, -0.2) is 0 Å². The molecule has 1 aliphatic heterocycles. The van der Waals surface area contributed by atoms with E-state index in [1.807, 2.05) is 58.0 Å². The second-order valence-corrected chi connectivity index (χ2v) is 15.5. The zero-order valence-corrected chi connectivity index (χ0v) is 31.7. The molecular weight excluding hydrogens is 678 g/mol. The van der Waals surface area contributed by atoms with Gasteiger partial charge in [-0.15, -0.1) is 0 Å². The number of hydrogen-bond acceptors (Lipinski definition) is 8. The normalized spacial score (nSPS) is 17.9. The summed E-state index contributed by atoms with van der Waals surface area (Å²) in [5, 5.41) is 31.8. The van der Waals surface area contributed by atoms with E-state index in [-0.39, 0.29) is 55.2 Å². The number of benzene rings is 2. The van der Waals surface area contributed by atoms with E-state index in [0.29, 0.717) is 24.3 Å². The highest BCUT2D eigenvalue weighted by molar-refractivity contribution is 5.92. The number of ether oxygens (including phenoxy) is 1. The van der Waals surface area contributed by atoms with Crippen molar-refractivity contribution in [1.29, 1.82) is 0 Å². The van der Waals surface area contributed by atoms with Gasteiger partial charge in [0.05, 0.1) is 29.5 Å². The Hall–Kier alpha value is -4.52. The number of fused-ring (bicyclic) bond motifs is 1. The molecule has 0 spiro atoms. The lowest BCUT2D eigenvalue weighted by molar-refractivity contribution is -0.384. The molecule has 4 amide bonds. The van der Waals surface area contributed by atoms with E-state index in [0.717, 1.165) is 37.7 Å². The number of nitrogens with one attached hydrogen (secondary N) is 3. The number of nitro benzene ring substituents is 1. The van der Waals surface area contributed by atoms with Crippen molar-refractivity contribution in [3.63, 3.8) is 0 Å². The second-order valence-electron chi connectivity index (χ2n) is 15.5. The average Bonchev–Trinajstić information content (AvgIpc) is 3.53. The second kappa shape index (κ2) is 19.5. The summed E-state index contributed by atoms with van der Waals surface area (Å²) < 4.78 is 5.85. The quantitative estimate of drug-likeness (QED) is 0.122. The summed E-state index contributed by atoms with van der Waals surface area (Å²) in [6.07, 6.45) is 4.84. The Morgan fingerprint density at radius 3 is 2.28 bits per heavy atom. The molecule has 4 N–H and O–H groups in total. The molecule has 0 saturated heterocycles. The van der Waals surface area contributed by atoms with Gasteiger partial charge in [-0.1, -0.05) is 90.1 Å². The number of carbonyl (C=O) groups is 4. The van der Waals surface area contributed by atoms with Crippen molar-refractivity contribution in [3.05, 3.63) is 69.8 Å². The van der Waals surface area contributed by atoms with Crippen LogP contribution in [0, 0.1) is 27.9 Å². The lowest BCUT2D eigenvalue weighted by atomic mass is 9.83. The van der Waals surface area contributed by atoms with Crippen molar-refractivity contribution in [1.82, 2.24) is 20.9 Å². The predicted octanol–water partition coefficient (Wildman–Crippen LogP) is 5.00. The number of amides is 4. The van der Waals surface area contributed by atoms with Crippen molar-refractivity contribution >= 4 is 29.3 Å². The fourth-order valence-corrected chi connectivity index (χ4v) is 7.41. The first-order chi connectivity index (χ1) is 25.2.